The van der Waals surface area contributed by atoms with Crippen molar-refractivity contribution in [2.75, 3.05) is 20.6 Å². The molecule has 0 radical (unpaired) electrons. The van der Waals surface area contributed by atoms with E-state index in [2.05, 4.69) is 32.8 Å². The summed E-state index contributed by atoms with van der Waals surface area (Å²) >= 11 is 0. The maximum atomic E-state index is 5.61. The second-order valence-electron chi connectivity index (χ2n) is 3.15. The summed E-state index contributed by atoms with van der Waals surface area (Å²) in [4.78, 5) is 2.20. The third kappa shape index (κ3) is 2.67. The maximum Gasteiger partial charge on any atom is 0.0237 e. The van der Waals surface area contributed by atoms with Crippen molar-refractivity contribution in [2.45, 2.75) is 26.3 Å². The van der Waals surface area contributed by atoms with Crippen LogP contribution in [0.25, 0.3) is 0 Å². The Morgan fingerprint density at radius 3 is 2.00 bits per heavy atom. The van der Waals surface area contributed by atoms with E-state index < -0.39 is 0 Å². The molecule has 0 aliphatic carbocycles. The topological polar surface area (TPSA) is 29.3 Å². The molecule has 2 unspecified atom stereocenters. The lowest BCUT2D eigenvalue weighted by Crippen LogP contribution is -2.39. The molecule has 0 spiro atoms. The molecule has 2 atom stereocenters. The number of likely N-dealkylation sites (N-methyl/N-ethyl adjacent to an activating group) is 1. The normalized spacial score (nSPS) is 17.4. The molecule has 2 N–H and O–H groups in total. The summed E-state index contributed by atoms with van der Waals surface area (Å²) in [7, 11) is 4.17. The third-order valence-corrected chi connectivity index (χ3v) is 2.21. The van der Waals surface area contributed by atoms with Gasteiger partial charge in [-0.3, -0.25) is 0 Å². The van der Waals surface area contributed by atoms with Crippen molar-refractivity contribution in [2.24, 2.45) is 11.7 Å². The van der Waals surface area contributed by atoms with Crippen molar-refractivity contribution in [1.82, 2.24) is 4.90 Å². The third-order valence-electron chi connectivity index (χ3n) is 2.21. The van der Waals surface area contributed by atoms with Gasteiger partial charge in [-0.05, 0) is 20.0 Å². The SMILES string of the molecule is CCC(C)C(CN)N(C)C. The molecule has 62 valence electrons. The smallest absolute Gasteiger partial charge is 0.0237 e. The molecule has 0 heterocycles. The minimum Gasteiger partial charge on any atom is -0.329 e. The van der Waals surface area contributed by atoms with Gasteiger partial charge in [0.1, 0.15) is 0 Å². The number of nitrogens with two attached hydrogens (primary N) is 1. The van der Waals surface area contributed by atoms with Crippen LogP contribution in [0.5, 0.6) is 0 Å². The Morgan fingerprint density at radius 1 is 1.40 bits per heavy atom. The summed E-state index contributed by atoms with van der Waals surface area (Å²) in [6, 6.07) is 0.546. The predicted octanol–water partition coefficient (Wildman–Crippen LogP) is 0.921. The average molecular weight is 144 g/mol. The molecule has 0 aliphatic heterocycles. The van der Waals surface area contributed by atoms with E-state index in [1.165, 1.54) is 6.42 Å². The van der Waals surface area contributed by atoms with Gasteiger partial charge in [-0.15, -0.1) is 0 Å². The predicted molar refractivity (Wildman–Crippen MR) is 46.0 cm³/mol. The van der Waals surface area contributed by atoms with Crippen LogP contribution in [-0.2, 0) is 0 Å². The molecule has 2 heteroatoms. The lowest BCUT2D eigenvalue weighted by molar-refractivity contribution is 0.222. The molecule has 0 aromatic rings. The van der Waals surface area contributed by atoms with Crippen LogP contribution in [0.4, 0.5) is 0 Å². The van der Waals surface area contributed by atoms with E-state index in [1.807, 2.05) is 0 Å². The first-order valence-electron chi connectivity index (χ1n) is 4.00. The van der Waals surface area contributed by atoms with Crippen molar-refractivity contribution in [3.05, 3.63) is 0 Å². The number of hydrogen-bond donors (Lipinski definition) is 1. The lowest BCUT2D eigenvalue weighted by atomic mass is 9.99. The van der Waals surface area contributed by atoms with E-state index in [0.717, 1.165) is 6.54 Å². The van der Waals surface area contributed by atoms with Crippen LogP contribution in [0.3, 0.4) is 0 Å². The molecule has 0 aliphatic rings. The van der Waals surface area contributed by atoms with Crippen LogP contribution in [0, 0.1) is 5.92 Å². The molecule has 0 saturated heterocycles. The van der Waals surface area contributed by atoms with Gasteiger partial charge >= 0.3 is 0 Å². The van der Waals surface area contributed by atoms with Gasteiger partial charge in [-0.25, -0.2) is 0 Å². The average Bonchev–Trinajstić information content (AvgIpc) is 1.88. The highest BCUT2D eigenvalue weighted by Crippen LogP contribution is 2.10. The second-order valence-corrected chi connectivity index (χ2v) is 3.15. The van der Waals surface area contributed by atoms with Crippen molar-refractivity contribution in [3.63, 3.8) is 0 Å². The Labute approximate surface area is 64.4 Å². The van der Waals surface area contributed by atoms with Crippen LogP contribution >= 0.6 is 0 Å². The van der Waals surface area contributed by atoms with E-state index >= 15 is 0 Å². The van der Waals surface area contributed by atoms with Crippen LogP contribution in [0.15, 0.2) is 0 Å². The van der Waals surface area contributed by atoms with E-state index in [0.29, 0.717) is 12.0 Å². The van der Waals surface area contributed by atoms with Crippen molar-refractivity contribution < 1.29 is 0 Å². The highest BCUT2D eigenvalue weighted by Gasteiger charge is 2.15. The van der Waals surface area contributed by atoms with E-state index in [1.54, 1.807) is 0 Å². The fraction of sp³-hybridized carbons (Fsp3) is 1.00. The first kappa shape index (κ1) is 9.92. The van der Waals surface area contributed by atoms with Gasteiger partial charge < -0.3 is 10.6 Å². The molecule has 0 fully saturated rings. The summed E-state index contributed by atoms with van der Waals surface area (Å²) in [5, 5.41) is 0. The first-order chi connectivity index (χ1) is 4.63. The van der Waals surface area contributed by atoms with Crippen molar-refractivity contribution in [3.8, 4) is 0 Å². The van der Waals surface area contributed by atoms with Crippen LogP contribution < -0.4 is 5.73 Å². The van der Waals surface area contributed by atoms with E-state index in [-0.39, 0.29) is 0 Å². The molecular weight excluding hydrogens is 124 g/mol. The minimum atomic E-state index is 0.546. The lowest BCUT2D eigenvalue weighted by Gasteiger charge is -2.27. The molecular formula is C8H20N2. The Bertz CT molecular complexity index is 81.3. The van der Waals surface area contributed by atoms with Gasteiger partial charge in [0, 0.05) is 12.6 Å². The van der Waals surface area contributed by atoms with Gasteiger partial charge in [-0.2, -0.15) is 0 Å². The zero-order valence-corrected chi connectivity index (χ0v) is 7.59. The summed E-state index contributed by atoms with van der Waals surface area (Å²) < 4.78 is 0. The first-order valence-corrected chi connectivity index (χ1v) is 4.00. The number of rotatable bonds is 4. The van der Waals surface area contributed by atoms with Crippen molar-refractivity contribution >= 4 is 0 Å². The Kier molecular flexibility index (Phi) is 4.65. The Morgan fingerprint density at radius 2 is 1.90 bits per heavy atom. The standard InChI is InChI=1S/C8H20N2/c1-5-7(2)8(6-9)10(3)4/h7-8H,5-6,9H2,1-4H3. The number of nitrogens with zero attached hydrogens (tertiary/aromatic N) is 1. The van der Waals surface area contributed by atoms with Gasteiger partial charge in [0.15, 0.2) is 0 Å². The van der Waals surface area contributed by atoms with E-state index in [9.17, 15) is 0 Å². The molecule has 10 heavy (non-hydrogen) atoms. The zero-order valence-electron chi connectivity index (χ0n) is 7.59. The summed E-state index contributed by atoms with van der Waals surface area (Å²) in [5.41, 5.74) is 5.61. The molecule has 0 amide bonds. The quantitative estimate of drug-likeness (QED) is 0.636. The van der Waals surface area contributed by atoms with Gasteiger partial charge in [0.25, 0.3) is 0 Å². The second kappa shape index (κ2) is 4.69. The Hall–Kier alpha value is -0.0800. The molecule has 0 rings (SSSR count). The summed E-state index contributed by atoms with van der Waals surface area (Å²) in [5.74, 6) is 0.708. The van der Waals surface area contributed by atoms with Gasteiger partial charge in [-0.1, -0.05) is 20.3 Å². The number of hydrogen-bond acceptors (Lipinski definition) is 2. The molecule has 0 aromatic carbocycles. The summed E-state index contributed by atoms with van der Waals surface area (Å²) in [6.45, 7) is 5.22. The monoisotopic (exact) mass is 144 g/mol. The summed E-state index contributed by atoms with van der Waals surface area (Å²) in [6.07, 6.45) is 1.21. The van der Waals surface area contributed by atoms with Crippen LogP contribution in [0.1, 0.15) is 20.3 Å². The Balaban J connectivity index is 3.80. The molecule has 2 nitrogen and oxygen atoms in total. The molecule has 0 saturated carbocycles. The van der Waals surface area contributed by atoms with Gasteiger partial charge in [0.2, 0.25) is 0 Å². The maximum absolute atomic E-state index is 5.61. The van der Waals surface area contributed by atoms with E-state index in [4.69, 9.17) is 5.73 Å². The molecule has 0 bridgehead atoms. The fourth-order valence-corrected chi connectivity index (χ4v) is 1.22. The largest absolute Gasteiger partial charge is 0.329 e. The zero-order chi connectivity index (χ0) is 8.15. The highest BCUT2D eigenvalue weighted by atomic mass is 15.1. The minimum absolute atomic E-state index is 0.546. The van der Waals surface area contributed by atoms with Gasteiger partial charge in [0.05, 0.1) is 0 Å². The fourth-order valence-electron chi connectivity index (χ4n) is 1.22. The molecule has 0 aromatic heterocycles. The van der Waals surface area contributed by atoms with Crippen LogP contribution in [0.2, 0.25) is 0 Å². The van der Waals surface area contributed by atoms with Crippen molar-refractivity contribution in [1.29, 1.82) is 0 Å². The highest BCUT2D eigenvalue weighted by molar-refractivity contribution is 4.72. The van der Waals surface area contributed by atoms with Crippen LogP contribution in [-0.4, -0.2) is 31.6 Å².